The highest BCUT2D eigenvalue weighted by Gasteiger charge is 2.21. The molecule has 0 atom stereocenters. The first-order chi connectivity index (χ1) is 8.46. The van der Waals surface area contributed by atoms with Crippen LogP contribution in [0.1, 0.15) is 16.1 Å². The van der Waals surface area contributed by atoms with Gasteiger partial charge >= 0.3 is 5.97 Å². The highest BCUT2D eigenvalue weighted by Crippen LogP contribution is 2.08. The third-order valence-electron chi connectivity index (χ3n) is 2.89. The van der Waals surface area contributed by atoms with E-state index < -0.39 is 15.8 Å². The molecule has 1 N–H and O–H groups in total. The van der Waals surface area contributed by atoms with Crippen LogP contribution in [0.5, 0.6) is 0 Å². The van der Waals surface area contributed by atoms with E-state index in [1.807, 2.05) is 4.90 Å². The number of hydrogen-bond donors (Lipinski definition) is 1. The molecule has 2 rings (SSSR count). The molecule has 0 saturated carbocycles. The van der Waals surface area contributed by atoms with E-state index in [9.17, 15) is 13.2 Å². The summed E-state index contributed by atoms with van der Waals surface area (Å²) in [5.74, 6) is -0.640. The van der Waals surface area contributed by atoms with Crippen molar-refractivity contribution in [3.63, 3.8) is 0 Å². The van der Waals surface area contributed by atoms with E-state index in [0.717, 1.165) is 5.69 Å². The Balaban J connectivity index is 1.96. The number of aromatic carboxylic acids is 1. The normalized spacial score (nSPS) is 19.6. The van der Waals surface area contributed by atoms with Crippen LogP contribution in [0.3, 0.4) is 0 Å². The summed E-state index contributed by atoms with van der Waals surface area (Å²) in [6.45, 7) is 1.56. The molecule has 1 aromatic heterocycles. The fourth-order valence-corrected chi connectivity index (χ4v) is 3.06. The Morgan fingerprint density at radius 3 is 2.50 bits per heavy atom. The quantitative estimate of drug-likeness (QED) is 0.832. The van der Waals surface area contributed by atoms with Gasteiger partial charge in [-0.25, -0.2) is 13.2 Å². The zero-order valence-electron chi connectivity index (χ0n) is 9.74. The van der Waals surface area contributed by atoms with Gasteiger partial charge in [0.1, 0.15) is 0 Å². The fourth-order valence-electron chi connectivity index (χ4n) is 1.78. The molecule has 1 aliphatic rings. The lowest BCUT2D eigenvalue weighted by atomic mass is 10.2. The lowest BCUT2D eigenvalue weighted by Crippen LogP contribution is -2.39. The minimum absolute atomic E-state index is 0.153. The highest BCUT2D eigenvalue weighted by molar-refractivity contribution is 7.91. The standard InChI is InChI=1S/C11H14N2O4S/c14-11(15)9-1-2-10(12-7-9)8-13-3-5-18(16,17)6-4-13/h1-2,7H,3-6,8H2,(H,14,15). The number of sulfone groups is 1. The Morgan fingerprint density at radius 2 is 2.00 bits per heavy atom. The van der Waals surface area contributed by atoms with Crippen molar-refractivity contribution in [2.75, 3.05) is 24.6 Å². The number of aromatic nitrogens is 1. The van der Waals surface area contributed by atoms with Crippen LogP contribution >= 0.6 is 0 Å². The van der Waals surface area contributed by atoms with Crippen molar-refractivity contribution in [1.82, 2.24) is 9.88 Å². The van der Waals surface area contributed by atoms with Gasteiger partial charge in [0.15, 0.2) is 9.84 Å². The van der Waals surface area contributed by atoms with Gasteiger partial charge in [-0.15, -0.1) is 0 Å². The van der Waals surface area contributed by atoms with Gasteiger partial charge in [0.25, 0.3) is 0 Å². The number of hydrogen-bond acceptors (Lipinski definition) is 5. The second-order valence-corrected chi connectivity index (χ2v) is 6.57. The van der Waals surface area contributed by atoms with Crippen LogP contribution in [0.25, 0.3) is 0 Å². The van der Waals surface area contributed by atoms with Crippen molar-refractivity contribution in [1.29, 1.82) is 0 Å². The molecule has 0 aliphatic carbocycles. The molecule has 2 heterocycles. The van der Waals surface area contributed by atoms with Crippen LogP contribution in [-0.2, 0) is 16.4 Å². The molecule has 1 saturated heterocycles. The molecule has 18 heavy (non-hydrogen) atoms. The molecule has 6 nitrogen and oxygen atoms in total. The molecule has 1 aliphatic heterocycles. The van der Waals surface area contributed by atoms with Crippen LogP contribution in [-0.4, -0.2) is 54.0 Å². The summed E-state index contributed by atoms with van der Waals surface area (Å²) in [6, 6.07) is 3.16. The molecule has 0 radical (unpaired) electrons. The van der Waals surface area contributed by atoms with E-state index in [0.29, 0.717) is 19.6 Å². The number of carbonyl (C=O) groups is 1. The van der Waals surface area contributed by atoms with Gasteiger partial charge in [0.05, 0.1) is 22.8 Å². The molecule has 0 amide bonds. The first-order valence-electron chi connectivity index (χ1n) is 5.57. The summed E-state index contributed by atoms with van der Waals surface area (Å²) in [6.07, 6.45) is 1.32. The van der Waals surface area contributed by atoms with Gasteiger partial charge < -0.3 is 5.11 Å². The second-order valence-electron chi connectivity index (χ2n) is 4.27. The van der Waals surface area contributed by atoms with Gasteiger partial charge in [0, 0.05) is 25.8 Å². The van der Waals surface area contributed by atoms with Crippen LogP contribution in [0.4, 0.5) is 0 Å². The predicted octanol–water partition coefficient (Wildman–Crippen LogP) is 0.0102. The van der Waals surface area contributed by atoms with Gasteiger partial charge in [-0.1, -0.05) is 0 Å². The molecule has 0 bridgehead atoms. The number of rotatable bonds is 3. The lowest BCUT2D eigenvalue weighted by Gasteiger charge is -2.25. The highest BCUT2D eigenvalue weighted by atomic mass is 32.2. The summed E-state index contributed by atoms with van der Waals surface area (Å²) in [5, 5.41) is 8.74. The molecular formula is C11H14N2O4S. The molecule has 0 unspecified atom stereocenters. The molecule has 0 aromatic carbocycles. The Labute approximate surface area is 105 Å². The van der Waals surface area contributed by atoms with E-state index in [-0.39, 0.29) is 17.1 Å². The fraction of sp³-hybridized carbons (Fsp3) is 0.455. The largest absolute Gasteiger partial charge is 0.478 e. The van der Waals surface area contributed by atoms with Crippen molar-refractivity contribution in [3.05, 3.63) is 29.6 Å². The predicted molar refractivity (Wildman–Crippen MR) is 65.1 cm³/mol. The van der Waals surface area contributed by atoms with Crippen molar-refractivity contribution < 1.29 is 18.3 Å². The van der Waals surface area contributed by atoms with E-state index in [2.05, 4.69) is 4.98 Å². The molecule has 7 heteroatoms. The summed E-state index contributed by atoms with van der Waals surface area (Å²) in [4.78, 5) is 16.7. The Bertz CT molecular complexity index is 525. The second kappa shape index (κ2) is 5.03. The van der Waals surface area contributed by atoms with E-state index in [4.69, 9.17) is 5.11 Å². The maximum absolute atomic E-state index is 11.3. The van der Waals surface area contributed by atoms with Gasteiger partial charge in [-0.05, 0) is 12.1 Å². The van der Waals surface area contributed by atoms with Gasteiger partial charge in [0.2, 0.25) is 0 Å². The Morgan fingerprint density at radius 1 is 1.33 bits per heavy atom. The zero-order valence-corrected chi connectivity index (χ0v) is 10.6. The molecule has 1 fully saturated rings. The average Bonchev–Trinajstić information content (AvgIpc) is 2.33. The minimum atomic E-state index is -2.87. The molecular weight excluding hydrogens is 256 g/mol. The number of carboxylic acid groups (broad SMARTS) is 1. The third kappa shape index (κ3) is 3.27. The maximum atomic E-state index is 11.3. The molecule has 0 spiro atoms. The van der Waals surface area contributed by atoms with Crippen molar-refractivity contribution >= 4 is 15.8 Å². The summed E-state index contributed by atoms with van der Waals surface area (Å²) < 4.78 is 22.5. The van der Waals surface area contributed by atoms with Gasteiger partial charge in [-0.3, -0.25) is 9.88 Å². The molecule has 98 valence electrons. The molecule has 1 aromatic rings. The smallest absolute Gasteiger partial charge is 0.337 e. The Hall–Kier alpha value is -1.47. The maximum Gasteiger partial charge on any atom is 0.337 e. The van der Waals surface area contributed by atoms with Crippen LogP contribution < -0.4 is 0 Å². The number of nitrogens with zero attached hydrogens (tertiary/aromatic N) is 2. The minimum Gasteiger partial charge on any atom is -0.478 e. The summed E-state index contributed by atoms with van der Waals surface area (Å²) >= 11 is 0. The SMILES string of the molecule is O=C(O)c1ccc(CN2CCS(=O)(=O)CC2)nc1. The van der Waals surface area contributed by atoms with Crippen LogP contribution in [0.2, 0.25) is 0 Å². The third-order valence-corrected chi connectivity index (χ3v) is 4.50. The van der Waals surface area contributed by atoms with Crippen LogP contribution in [0, 0.1) is 0 Å². The monoisotopic (exact) mass is 270 g/mol. The summed E-state index contributed by atoms with van der Waals surface area (Å²) in [5.41, 5.74) is 0.902. The van der Waals surface area contributed by atoms with Gasteiger partial charge in [-0.2, -0.15) is 0 Å². The average molecular weight is 270 g/mol. The first-order valence-corrected chi connectivity index (χ1v) is 7.39. The van der Waals surface area contributed by atoms with Crippen molar-refractivity contribution in [3.8, 4) is 0 Å². The Kier molecular flexibility index (Phi) is 3.63. The van der Waals surface area contributed by atoms with E-state index >= 15 is 0 Å². The van der Waals surface area contributed by atoms with E-state index in [1.165, 1.54) is 12.3 Å². The first kappa shape index (κ1) is 13.0. The van der Waals surface area contributed by atoms with Crippen molar-refractivity contribution in [2.45, 2.75) is 6.54 Å². The number of carboxylic acids is 1. The number of pyridine rings is 1. The van der Waals surface area contributed by atoms with Crippen molar-refractivity contribution in [2.24, 2.45) is 0 Å². The van der Waals surface area contributed by atoms with Crippen LogP contribution in [0.15, 0.2) is 18.3 Å². The van der Waals surface area contributed by atoms with E-state index in [1.54, 1.807) is 6.07 Å². The lowest BCUT2D eigenvalue weighted by molar-refractivity contribution is 0.0696. The summed E-state index contributed by atoms with van der Waals surface area (Å²) in [7, 11) is -2.87. The topological polar surface area (TPSA) is 87.6 Å². The zero-order chi connectivity index (χ0) is 13.2.